The Hall–Kier alpha value is -3.15. The Morgan fingerprint density at radius 2 is 2.05 bits per heavy atom. The van der Waals surface area contributed by atoms with E-state index in [9.17, 15) is 4.79 Å². The van der Waals surface area contributed by atoms with Gasteiger partial charge in [-0.1, -0.05) is 23.4 Å². The summed E-state index contributed by atoms with van der Waals surface area (Å²) in [6.45, 7) is 0. The third kappa shape index (κ3) is 2.95. The third-order valence-electron chi connectivity index (χ3n) is 3.05. The summed E-state index contributed by atoms with van der Waals surface area (Å²) in [7, 11) is 1.48. The molecule has 0 saturated carbocycles. The van der Waals surface area contributed by atoms with Crippen LogP contribution in [0.2, 0.25) is 0 Å². The molecule has 0 aliphatic heterocycles. The van der Waals surface area contributed by atoms with Gasteiger partial charge in [-0.15, -0.1) is 0 Å². The number of anilines is 1. The van der Waals surface area contributed by atoms with E-state index in [1.807, 2.05) is 48.7 Å². The number of rotatable bonds is 4. The highest BCUT2D eigenvalue weighted by Gasteiger charge is 2.11. The Morgan fingerprint density at radius 3 is 2.82 bits per heavy atom. The Balaban J connectivity index is 1.85. The highest BCUT2D eigenvalue weighted by atomic mass is 16.6. The lowest BCUT2D eigenvalue weighted by Crippen LogP contribution is -2.11. The van der Waals surface area contributed by atoms with E-state index in [0.29, 0.717) is 11.3 Å². The number of amides is 1. The quantitative estimate of drug-likeness (QED) is 0.594. The minimum absolute atomic E-state index is 0.248. The SMILES string of the molecule is CON=Cc1ccc2nc(C(=O)Nc3ccccc3)cn2c1. The molecule has 0 spiro atoms. The lowest BCUT2D eigenvalue weighted by atomic mass is 10.3. The number of nitrogens with one attached hydrogen (secondary N) is 1. The van der Waals surface area contributed by atoms with Crippen molar-refractivity contribution in [3.05, 3.63) is 66.1 Å². The van der Waals surface area contributed by atoms with Crippen molar-refractivity contribution in [1.82, 2.24) is 9.38 Å². The summed E-state index contributed by atoms with van der Waals surface area (Å²) in [5.74, 6) is -0.248. The van der Waals surface area contributed by atoms with Gasteiger partial charge in [0.05, 0.1) is 6.21 Å². The molecule has 2 heterocycles. The van der Waals surface area contributed by atoms with E-state index in [2.05, 4.69) is 20.3 Å². The number of fused-ring (bicyclic) bond motifs is 1. The van der Waals surface area contributed by atoms with Crippen LogP contribution in [-0.2, 0) is 4.84 Å². The Labute approximate surface area is 127 Å². The molecule has 6 heteroatoms. The molecule has 2 aromatic heterocycles. The first kappa shape index (κ1) is 13.8. The standard InChI is InChI=1S/C16H14N4O2/c1-22-17-9-12-7-8-15-19-14(11-20(15)10-12)16(21)18-13-5-3-2-4-6-13/h2-11H,1H3,(H,18,21). The van der Waals surface area contributed by atoms with E-state index in [-0.39, 0.29) is 5.91 Å². The van der Waals surface area contributed by atoms with Gasteiger partial charge in [0.25, 0.3) is 5.91 Å². The van der Waals surface area contributed by atoms with E-state index in [1.54, 1.807) is 16.8 Å². The summed E-state index contributed by atoms with van der Waals surface area (Å²) in [6.07, 6.45) is 5.09. The van der Waals surface area contributed by atoms with Crippen LogP contribution in [0.4, 0.5) is 5.69 Å². The van der Waals surface area contributed by atoms with Gasteiger partial charge in [0.15, 0.2) is 0 Å². The van der Waals surface area contributed by atoms with Crippen LogP contribution in [0.5, 0.6) is 0 Å². The lowest BCUT2D eigenvalue weighted by molar-refractivity contribution is 0.102. The number of para-hydroxylation sites is 1. The zero-order chi connectivity index (χ0) is 15.4. The van der Waals surface area contributed by atoms with Crippen molar-refractivity contribution in [2.24, 2.45) is 5.16 Å². The number of hydrogen-bond donors (Lipinski definition) is 1. The number of benzene rings is 1. The van der Waals surface area contributed by atoms with E-state index in [4.69, 9.17) is 0 Å². The molecular weight excluding hydrogens is 280 g/mol. The second kappa shape index (κ2) is 6.09. The molecule has 1 aromatic carbocycles. The van der Waals surface area contributed by atoms with Gasteiger partial charge in [-0.3, -0.25) is 4.79 Å². The molecule has 1 N–H and O–H groups in total. The van der Waals surface area contributed by atoms with Crippen molar-refractivity contribution in [3.8, 4) is 0 Å². The van der Waals surface area contributed by atoms with Crippen molar-refractivity contribution in [3.63, 3.8) is 0 Å². The Morgan fingerprint density at radius 1 is 1.23 bits per heavy atom. The predicted octanol–water partition coefficient (Wildman–Crippen LogP) is 2.57. The minimum atomic E-state index is -0.248. The number of carbonyl (C=O) groups is 1. The first-order valence-corrected chi connectivity index (χ1v) is 6.68. The van der Waals surface area contributed by atoms with E-state index >= 15 is 0 Å². The largest absolute Gasteiger partial charge is 0.399 e. The second-order valence-electron chi connectivity index (χ2n) is 4.59. The maximum atomic E-state index is 12.2. The third-order valence-corrected chi connectivity index (χ3v) is 3.05. The van der Waals surface area contributed by atoms with Crippen molar-refractivity contribution in [1.29, 1.82) is 0 Å². The molecule has 0 unspecified atom stereocenters. The maximum absolute atomic E-state index is 12.2. The number of oxime groups is 1. The smallest absolute Gasteiger partial charge is 0.275 e. The zero-order valence-corrected chi connectivity index (χ0v) is 11.9. The molecule has 110 valence electrons. The molecule has 0 bridgehead atoms. The van der Waals surface area contributed by atoms with E-state index in [1.165, 1.54) is 7.11 Å². The van der Waals surface area contributed by atoms with Crippen LogP contribution in [0.3, 0.4) is 0 Å². The molecule has 22 heavy (non-hydrogen) atoms. The van der Waals surface area contributed by atoms with Crippen LogP contribution in [-0.4, -0.2) is 28.6 Å². The van der Waals surface area contributed by atoms with Crippen molar-refractivity contribution in [2.45, 2.75) is 0 Å². The summed E-state index contributed by atoms with van der Waals surface area (Å²) < 4.78 is 1.77. The van der Waals surface area contributed by atoms with Crippen LogP contribution in [0.15, 0.2) is 60.0 Å². The summed E-state index contributed by atoms with van der Waals surface area (Å²) in [4.78, 5) is 21.2. The topological polar surface area (TPSA) is 68.0 Å². The molecule has 3 rings (SSSR count). The second-order valence-corrected chi connectivity index (χ2v) is 4.59. The van der Waals surface area contributed by atoms with Gasteiger partial charge < -0.3 is 14.6 Å². The summed E-state index contributed by atoms with van der Waals surface area (Å²) in [6, 6.07) is 12.9. The molecule has 6 nitrogen and oxygen atoms in total. The summed E-state index contributed by atoms with van der Waals surface area (Å²) >= 11 is 0. The van der Waals surface area contributed by atoms with Crippen molar-refractivity contribution in [2.75, 3.05) is 12.4 Å². The number of pyridine rings is 1. The molecule has 0 radical (unpaired) electrons. The van der Waals surface area contributed by atoms with Gasteiger partial charge in [-0.2, -0.15) is 0 Å². The Bertz CT molecular complexity index is 825. The molecule has 0 aliphatic carbocycles. The fourth-order valence-electron chi connectivity index (χ4n) is 2.02. The predicted molar refractivity (Wildman–Crippen MR) is 84.2 cm³/mol. The van der Waals surface area contributed by atoms with Crippen LogP contribution in [0.25, 0.3) is 5.65 Å². The van der Waals surface area contributed by atoms with Crippen LogP contribution in [0.1, 0.15) is 16.1 Å². The molecule has 0 atom stereocenters. The monoisotopic (exact) mass is 294 g/mol. The number of imidazole rings is 1. The number of hydrogen-bond acceptors (Lipinski definition) is 4. The summed E-state index contributed by atoms with van der Waals surface area (Å²) in [5, 5.41) is 6.52. The van der Waals surface area contributed by atoms with Gasteiger partial charge in [0, 0.05) is 23.6 Å². The lowest BCUT2D eigenvalue weighted by Gasteiger charge is -2.01. The van der Waals surface area contributed by atoms with Gasteiger partial charge in [0.1, 0.15) is 18.5 Å². The minimum Gasteiger partial charge on any atom is -0.399 e. The average Bonchev–Trinajstić information content (AvgIpc) is 2.97. The highest BCUT2D eigenvalue weighted by molar-refractivity contribution is 6.03. The van der Waals surface area contributed by atoms with Crippen LogP contribution in [0, 0.1) is 0 Å². The highest BCUT2D eigenvalue weighted by Crippen LogP contribution is 2.10. The van der Waals surface area contributed by atoms with Gasteiger partial charge in [-0.05, 0) is 24.3 Å². The van der Waals surface area contributed by atoms with Crippen LogP contribution >= 0.6 is 0 Å². The molecule has 0 fully saturated rings. The average molecular weight is 294 g/mol. The Kier molecular flexibility index (Phi) is 3.82. The van der Waals surface area contributed by atoms with Gasteiger partial charge in [-0.25, -0.2) is 4.98 Å². The van der Waals surface area contributed by atoms with Crippen molar-refractivity contribution < 1.29 is 9.63 Å². The molecule has 0 saturated heterocycles. The fraction of sp³-hybridized carbons (Fsp3) is 0.0625. The molecular formula is C16H14N4O2. The zero-order valence-electron chi connectivity index (χ0n) is 11.9. The first-order valence-electron chi connectivity index (χ1n) is 6.68. The first-order chi connectivity index (χ1) is 10.8. The summed E-state index contributed by atoms with van der Waals surface area (Å²) in [5.41, 5.74) is 2.62. The van der Waals surface area contributed by atoms with E-state index in [0.717, 1.165) is 11.3 Å². The van der Waals surface area contributed by atoms with Gasteiger partial charge in [0.2, 0.25) is 0 Å². The van der Waals surface area contributed by atoms with E-state index < -0.39 is 0 Å². The number of aromatic nitrogens is 2. The molecule has 0 aliphatic rings. The molecule has 3 aromatic rings. The van der Waals surface area contributed by atoms with Crippen molar-refractivity contribution >= 4 is 23.5 Å². The van der Waals surface area contributed by atoms with Crippen LogP contribution < -0.4 is 5.32 Å². The fourth-order valence-corrected chi connectivity index (χ4v) is 2.02. The maximum Gasteiger partial charge on any atom is 0.275 e. The normalized spacial score (nSPS) is 11.0. The molecule has 1 amide bonds. The van der Waals surface area contributed by atoms with Gasteiger partial charge >= 0.3 is 0 Å². The number of carbonyl (C=O) groups excluding carboxylic acids is 1. The number of nitrogens with zero attached hydrogens (tertiary/aromatic N) is 3.